The number of methoxy groups -OCH3 is 3. The number of hydrogen-bond donors (Lipinski definition) is 1. The lowest BCUT2D eigenvalue weighted by Gasteiger charge is -2.14. The standard InChI is InChI=1S/C19H20N4O3/c1-12-5-17(25-3)18(26-4)7-15(12)23-19-8-16(21-11-22-19)13-6-14(24-2)10-20-9-13/h5-11H,1-4H3,(H,21,22,23). The topological polar surface area (TPSA) is 78.4 Å². The van der Waals surface area contributed by atoms with E-state index in [1.807, 2.05) is 31.2 Å². The highest BCUT2D eigenvalue weighted by Gasteiger charge is 2.10. The first-order valence-corrected chi connectivity index (χ1v) is 7.95. The second-order valence-corrected chi connectivity index (χ2v) is 5.55. The van der Waals surface area contributed by atoms with Gasteiger partial charge in [0.15, 0.2) is 11.5 Å². The van der Waals surface area contributed by atoms with Gasteiger partial charge in [-0.25, -0.2) is 9.97 Å². The van der Waals surface area contributed by atoms with Crippen LogP contribution in [-0.2, 0) is 0 Å². The van der Waals surface area contributed by atoms with E-state index in [-0.39, 0.29) is 0 Å². The number of pyridine rings is 1. The smallest absolute Gasteiger partial charge is 0.162 e. The number of aryl methyl sites for hydroxylation is 1. The molecule has 0 atom stereocenters. The van der Waals surface area contributed by atoms with Gasteiger partial charge in [-0.15, -0.1) is 0 Å². The van der Waals surface area contributed by atoms with Gasteiger partial charge < -0.3 is 19.5 Å². The van der Waals surface area contributed by atoms with Crippen LogP contribution in [-0.4, -0.2) is 36.3 Å². The van der Waals surface area contributed by atoms with Crippen molar-refractivity contribution in [1.29, 1.82) is 0 Å². The molecule has 2 aromatic heterocycles. The largest absolute Gasteiger partial charge is 0.495 e. The predicted molar refractivity (Wildman–Crippen MR) is 99.4 cm³/mol. The lowest BCUT2D eigenvalue weighted by Crippen LogP contribution is -1.99. The molecule has 1 N–H and O–H groups in total. The Morgan fingerprint density at radius 3 is 2.35 bits per heavy atom. The minimum absolute atomic E-state index is 0.645. The van der Waals surface area contributed by atoms with Crippen molar-refractivity contribution in [3.63, 3.8) is 0 Å². The highest BCUT2D eigenvalue weighted by Crippen LogP contribution is 2.34. The molecule has 0 unspecified atom stereocenters. The molecule has 0 radical (unpaired) electrons. The van der Waals surface area contributed by atoms with Crippen LogP contribution >= 0.6 is 0 Å². The predicted octanol–water partition coefficient (Wildman–Crippen LogP) is 3.62. The summed E-state index contributed by atoms with van der Waals surface area (Å²) in [4.78, 5) is 12.8. The molecule has 0 amide bonds. The van der Waals surface area contributed by atoms with Crippen LogP contribution in [0.1, 0.15) is 5.56 Å². The average molecular weight is 352 g/mol. The molecule has 7 heteroatoms. The summed E-state index contributed by atoms with van der Waals surface area (Å²) in [5.41, 5.74) is 3.47. The SMILES string of the molecule is COc1cncc(-c2cc(Nc3cc(OC)c(OC)cc3C)ncn2)c1. The van der Waals surface area contributed by atoms with Crippen LogP contribution in [0.15, 0.2) is 43.0 Å². The van der Waals surface area contributed by atoms with Crippen molar-refractivity contribution in [2.45, 2.75) is 6.92 Å². The van der Waals surface area contributed by atoms with Crippen molar-refractivity contribution in [3.8, 4) is 28.5 Å². The third-order valence-electron chi connectivity index (χ3n) is 3.90. The molecule has 26 heavy (non-hydrogen) atoms. The summed E-state index contributed by atoms with van der Waals surface area (Å²) in [6.07, 6.45) is 4.89. The fourth-order valence-corrected chi connectivity index (χ4v) is 2.51. The molecule has 0 fully saturated rings. The number of nitrogens with one attached hydrogen (secondary N) is 1. The first-order chi connectivity index (χ1) is 12.6. The normalized spacial score (nSPS) is 10.3. The third kappa shape index (κ3) is 3.66. The molecule has 0 saturated heterocycles. The van der Waals surface area contributed by atoms with Gasteiger partial charge in [0.2, 0.25) is 0 Å². The van der Waals surface area contributed by atoms with Crippen LogP contribution < -0.4 is 19.5 Å². The molecule has 0 saturated carbocycles. The highest BCUT2D eigenvalue weighted by atomic mass is 16.5. The first kappa shape index (κ1) is 17.5. The summed E-state index contributed by atoms with van der Waals surface area (Å²) in [5.74, 6) is 2.66. The Hall–Kier alpha value is -3.35. The average Bonchev–Trinajstić information content (AvgIpc) is 2.69. The zero-order chi connectivity index (χ0) is 18.5. The number of benzene rings is 1. The van der Waals surface area contributed by atoms with Crippen molar-refractivity contribution < 1.29 is 14.2 Å². The zero-order valence-electron chi connectivity index (χ0n) is 15.1. The van der Waals surface area contributed by atoms with Crippen LogP contribution in [0.3, 0.4) is 0 Å². The van der Waals surface area contributed by atoms with E-state index in [1.165, 1.54) is 6.33 Å². The number of nitrogens with zero attached hydrogens (tertiary/aromatic N) is 3. The number of aromatic nitrogens is 3. The van der Waals surface area contributed by atoms with E-state index in [9.17, 15) is 0 Å². The van der Waals surface area contributed by atoms with Crippen LogP contribution in [0.2, 0.25) is 0 Å². The molecule has 1 aromatic carbocycles. The summed E-state index contributed by atoms with van der Waals surface area (Å²) < 4.78 is 15.9. The Kier molecular flexibility index (Phi) is 5.17. The molecule has 3 rings (SSSR count). The van der Waals surface area contributed by atoms with Crippen LogP contribution in [0.4, 0.5) is 11.5 Å². The Morgan fingerprint density at radius 1 is 0.846 bits per heavy atom. The Bertz CT molecular complexity index is 915. The van der Waals surface area contributed by atoms with Gasteiger partial charge in [0.25, 0.3) is 0 Å². The van der Waals surface area contributed by atoms with Gasteiger partial charge in [-0.3, -0.25) is 4.98 Å². The van der Waals surface area contributed by atoms with Gasteiger partial charge in [0.05, 0.1) is 33.2 Å². The Balaban J connectivity index is 1.92. The second kappa shape index (κ2) is 7.69. The number of ether oxygens (including phenoxy) is 3. The molecule has 2 heterocycles. The van der Waals surface area contributed by atoms with Gasteiger partial charge in [-0.2, -0.15) is 0 Å². The molecular formula is C19H20N4O3. The van der Waals surface area contributed by atoms with E-state index in [4.69, 9.17) is 14.2 Å². The third-order valence-corrected chi connectivity index (χ3v) is 3.90. The zero-order valence-corrected chi connectivity index (χ0v) is 15.1. The number of hydrogen-bond acceptors (Lipinski definition) is 7. The van der Waals surface area contributed by atoms with Crippen molar-refractivity contribution >= 4 is 11.5 Å². The summed E-state index contributed by atoms with van der Waals surface area (Å²) in [7, 11) is 4.83. The molecule has 0 bridgehead atoms. The fraction of sp³-hybridized carbons (Fsp3) is 0.211. The minimum atomic E-state index is 0.645. The van der Waals surface area contributed by atoms with E-state index >= 15 is 0 Å². The molecule has 0 spiro atoms. The maximum atomic E-state index is 5.37. The van der Waals surface area contributed by atoms with Gasteiger partial charge >= 0.3 is 0 Å². The van der Waals surface area contributed by atoms with Crippen molar-refractivity contribution in [2.75, 3.05) is 26.6 Å². The van der Waals surface area contributed by atoms with E-state index in [0.29, 0.717) is 23.1 Å². The molecule has 134 valence electrons. The fourth-order valence-electron chi connectivity index (χ4n) is 2.51. The maximum absolute atomic E-state index is 5.37. The monoisotopic (exact) mass is 352 g/mol. The maximum Gasteiger partial charge on any atom is 0.162 e. The van der Waals surface area contributed by atoms with Crippen LogP contribution in [0, 0.1) is 6.92 Å². The molecule has 3 aromatic rings. The van der Waals surface area contributed by atoms with Gasteiger partial charge in [-0.05, 0) is 24.6 Å². The van der Waals surface area contributed by atoms with Gasteiger partial charge in [0, 0.05) is 29.6 Å². The van der Waals surface area contributed by atoms with E-state index < -0.39 is 0 Å². The number of rotatable bonds is 6. The number of anilines is 2. The van der Waals surface area contributed by atoms with Crippen molar-refractivity contribution in [2.24, 2.45) is 0 Å². The Labute approximate surface area is 152 Å². The second-order valence-electron chi connectivity index (χ2n) is 5.55. The molecule has 0 aliphatic carbocycles. The summed E-state index contributed by atoms with van der Waals surface area (Å²) in [6, 6.07) is 7.52. The molecular weight excluding hydrogens is 332 g/mol. The Morgan fingerprint density at radius 2 is 1.62 bits per heavy atom. The van der Waals surface area contributed by atoms with Crippen LogP contribution in [0.25, 0.3) is 11.3 Å². The van der Waals surface area contributed by atoms with E-state index in [1.54, 1.807) is 33.7 Å². The van der Waals surface area contributed by atoms with E-state index in [2.05, 4.69) is 20.3 Å². The lowest BCUT2D eigenvalue weighted by molar-refractivity contribution is 0.355. The minimum Gasteiger partial charge on any atom is -0.495 e. The molecule has 0 aliphatic heterocycles. The van der Waals surface area contributed by atoms with Gasteiger partial charge in [0.1, 0.15) is 17.9 Å². The molecule has 7 nitrogen and oxygen atoms in total. The molecule has 0 aliphatic rings. The quantitative estimate of drug-likeness (QED) is 0.726. The summed E-state index contributed by atoms with van der Waals surface area (Å²) in [6.45, 7) is 1.98. The van der Waals surface area contributed by atoms with E-state index in [0.717, 1.165) is 22.5 Å². The van der Waals surface area contributed by atoms with Crippen molar-refractivity contribution in [3.05, 3.63) is 48.5 Å². The van der Waals surface area contributed by atoms with Gasteiger partial charge in [-0.1, -0.05) is 0 Å². The first-order valence-electron chi connectivity index (χ1n) is 7.95. The lowest BCUT2D eigenvalue weighted by atomic mass is 10.1. The van der Waals surface area contributed by atoms with Crippen molar-refractivity contribution in [1.82, 2.24) is 15.0 Å². The van der Waals surface area contributed by atoms with Crippen LogP contribution in [0.5, 0.6) is 17.2 Å². The summed E-state index contributed by atoms with van der Waals surface area (Å²) >= 11 is 0. The summed E-state index contributed by atoms with van der Waals surface area (Å²) in [5, 5.41) is 3.30. The highest BCUT2D eigenvalue weighted by molar-refractivity contribution is 5.69.